The summed E-state index contributed by atoms with van der Waals surface area (Å²) in [5.74, 6) is 0.725. The molecule has 0 bridgehead atoms. The second-order valence-electron chi connectivity index (χ2n) is 3.40. The van der Waals surface area contributed by atoms with Crippen LogP contribution in [-0.2, 0) is 9.53 Å². The van der Waals surface area contributed by atoms with Crippen molar-refractivity contribution in [3.8, 4) is 0 Å². The summed E-state index contributed by atoms with van der Waals surface area (Å²) in [6.07, 6.45) is 0.939. The lowest BCUT2D eigenvalue weighted by atomic mass is 9.99. The minimum atomic E-state index is 0.256. The second kappa shape index (κ2) is 2.18. The van der Waals surface area contributed by atoms with Gasteiger partial charge < -0.3 is 4.74 Å². The summed E-state index contributed by atoms with van der Waals surface area (Å²) in [6.45, 7) is 4.64. The maximum absolute atomic E-state index is 11.2. The maximum atomic E-state index is 11.2. The number of carbonyl (C=O) groups is 1. The molecule has 2 atom stereocenters. The molecule has 0 radical (unpaired) electrons. The van der Waals surface area contributed by atoms with Crippen LogP contribution in [0, 0.1) is 5.92 Å². The average Bonchev–Trinajstić information content (AvgIpc) is 2.43. The molecule has 2 heteroatoms. The maximum Gasteiger partial charge on any atom is 0.159 e. The monoisotopic (exact) mass is 152 g/mol. The van der Waals surface area contributed by atoms with Gasteiger partial charge >= 0.3 is 0 Å². The Bertz CT molecular complexity index is 240. The molecular formula is C9H12O2. The van der Waals surface area contributed by atoms with Gasteiger partial charge in [0, 0.05) is 12.3 Å². The Morgan fingerprint density at radius 1 is 1.55 bits per heavy atom. The van der Waals surface area contributed by atoms with E-state index < -0.39 is 0 Å². The first-order chi connectivity index (χ1) is 5.20. The van der Waals surface area contributed by atoms with Gasteiger partial charge in [0.2, 0.25) is 0 Å². The van der Waals surface area contributed by atoms with Gasteiger partial charge in [-0.05, 0) is 25.0 Å². The minimum absolute atomic E-state index is 0.256. The minimum Gasteiger partial charge on any atom is -0.373 e. The van der Waals surface area contributed by atoms with Crippen LogP contribution < -0.4 is 0 Å². The van der Waals surface area contributed by atoms with Crippen LogP contribution in [0.2, 0.25) is 0 Å². The Morgan fingerprint density at radius 3 is 2.91 bits per heavy atom. The summed E-state index contributed by atoms with van der Waals surface area (Å²) >= 11 is 0. The molecule has 1 heterocycles. The van der Waals surface area contributed by atoms with Gasteiger partial charge in [0.05, 0.1) is 12.7 Å². The number of carbonyl (C=O) groups excluding carboxylic acids is 1. The van der Waals surface area contributed by atoms with Crippen molar-refractivity contribution in [1.82, 2.24) is 0 Å². The Kier molecular flexibility index (Phi) is 1.39. The molecule has 1 aliphatic carbocycles. The van der Waals surface area contributed by atoms with Gasteiger partial charge in [0.15, 0.2) is 5.78 Å². The van der Waals surface area contributed by atoms with Crippen LogP contribution >= 0.6 is 0 Å². The highest BCUT2D eigenvalue weighted by Crippen LogP contribution is 2.37. The third-order valence-electron chi connectivity index (χ3n) is 2.82. The molecule has 60 valence electrons. The number of allylic oxidation sites excluding steroid dienone is 1. The van der Waals surface area contributed by atoms with E-state index in [1.54, 1.807) is 0 Å². The van der Waals surface area contributed by atoms with Crippen LogP contribution in [0.3, 0.4) is 0 Å². The molecule has 2 rings (SSSR count). The molecule has 1 fully saturated rings. The fourth-order valence-electron chi connectivity index (χ4n) is 1.94. The highest BCUT2D eigenvalue weighted by molar-refractivity contribution is 5.98. The summed E-state index contributed by atoms with van der Waals surface area (Å²) in [5.41, 5.74) is 2.21. The van der Waals surface area contributed by atoms with Crippen LogP contribution in [0.5, 0.6) is 0 Å². The van der Waals surface area contributed by atoms with E-state index in [1.165, 1.54) is 5.57 Å². The molecule has 0 amide bonds. The highest BCUT2D eigenvalue weighted by atomic mass is 16.5. The van der Waals surface area contributed by atoms with Crippen molar-refractivity contribution in [2.75, 3.05) is 6.61 Å². The van der Waals surface area contributed by atoms with Gasteiger partial charge in [-0.3, -0.25) is 4.79 Å². The van der Waals surface area contributed by atoms with E-state index in [2.05, 4.69) is 0 Å². The number of fused-ring (bicyclic) bond motifs is 1. The SMILES string of the molecule is CC1=C2CO[C@H](C)[C@H]2CC1=O. The van der Waals surface area contributed by atoms with Crippen LogP contribution in [0.15, 0.2) is 11.1 Å². The van der Waals surface area contributed by atoms with Crippen LogP contribution in [-0.4, -0.2) is 18.5 Å². The summed E-state index contributed by atoms with van der Waals surface area (Å²) in [5, 5.41) is 0. The molecule has 0 spiro atoms. The second-order valence-corrected chi connectivity index (χ2v) is 3.40. The largest absolute Gasteiger partial charge is 0.373 e. The van der Waals surface area contributed by atoms with Gasteiger partial charge in [-0.2, -0.15) is 0 Å². The number of hydrogen-bond acceptors (Lipinski definition) is 2. The first-order valence-electron chi connectivity index (χ1n) is 4.04. The standard InChI is InChI=1S/C9H12O2/c1-5-8-4-11-6(2)7(8)3-9(5)10/h6-7H,3-4H2,1-2H3/t6-,7-/m1/s1. The van der Waals surface area contributed by atoms with E-state index in [9.17, 15) is 4.79 Å². The van der Waals surface area contributed by atoms with E-state index in [0.29, 0.717) is 24.7 Å². The Hall–Kier alpha value is -0.630. The summed E-state index contributed by atoms with van der Waals surface area (Å²) in [6, 6.07) is 0. The summed E-state index contributed by atoms with van der Waals surface area (Å²) < 4.78 is 5.43. The van der Waals surface area contributed by atoms with E-state index >= 15 is 0 Å². The number of rotatable bonds is 0. The zero-order chi connectivity index (χ0) is 8.01. The van der Waals surface area contributed by atoms with Gasteiger partial charge in [-0.1, -0.05) is 0 Å². The third-order valence-corrected chi connectivity index (χ3v) is 2.82. The predicted molar refractivity (Wildman–Crippen MR) is 41.2 cm³/mol. The molecule has 0 saturated carbocycles. The van der Waals surface area contributed by atoms with E-state index in [-0.39, 0.29) is 6.10 Å². The number of ketones is 1. The van der Waals surface area contributed by atoms with Crippen molar-refractivity contribution in [2.24, 2.45) is 5.92 Å². The van der Waals surface area contributed by atoms with Gasteiger partial charge in [-0.25, -0.2) is 0 Å². The first kappa shape index (κ1) is 7.04. The quantitative estimate of drug-likeness (QED) is 0.523. The number of Topliss-reactive ketones (excluding diaryl/α,β-unsaturated/α-hetero) is 1. The Labute approximate surface area is 66.2 Å². The summed E-state index contributed by atoms with van der Waals surface area (Å²) in [4.78, 5) is 11.2. The topological polar surface area (TPSA) is 26.3 Å². The molecule has 1 saturated heterocycles. The van der Waals surface area contributed by atoms with Crippen LogP contribution in [0.1, 0.15) is 20.3 Å². The van der Waals surface area contributed by atoms with Gasteiger partial charge in [-0.15, -0.1) is 0 Å². The van der Waals surface area contributed by atoms with Crippen LogP contribution in [0.25, 0.3) is 0 Å². The van der Waals surface area contributed by atoms with Crippen molar-refractivity contribution >= 4 is 5.78 Å². The van der Waals surface area contributed by atoms with Crippen molar-refractivity contribution < 1.29 is 9.53 Å². The lowest BCUT2D eigenvalue weighted by molar-refractivity contribution is -0.115. The molecule has 0 aromatic carbocycles. The average molecular weight is 152 g/mol. The molecule has 0 unspecified atom stereocenters. The van der Waals surface area contributed by atoms with E-state index in [4.69, 9.17) is 4.74 Å². The zero-order valence-corrected chi connectivity index (χ0v) is 6.89. The molecule has 1 aliphatic heterocycles. The Morgan fingerprint density at radius 2 is 2.27 bits per heavy atom. The van der Waals surface area contributed by atoms with Crippen molar-refractivity contribution in [1.29, 1.82) is 0 Å². The summed E-state index contributed by atoms with van der Waals surface area (Å²) in [7, 11) is 0. The Balaban J connectivity index is 2.36. The van der Waals surface area contributed by atoms with Crippen molar-refractivity contribution in [3.05, 3.63) is 11.1 Å². The fraction of sp³-hybridized carbons (Fsp3) is 0.667. The number of hydrogen-bond donors (Lipinski definition) is 0. The lowest BCUT2D eigenvalue weighted by Gasteiger charge is -2.07. The van der Waals surface area contributed by atoms with Crippen molar-refractivity contribution in [2.45, 2.75) is 26.4 Å². The molecule has 0 aromatic heterocycles. The fourth-order valence-corrected chi connectivity index (χ4v) is 1.94. The molecule has 2 aliphatic rings. The molecular weight excluding hydrogens is 140 g/mol. The molecule has 11 heavy (non-hydrogen) atoms. The third kappa shape index (κ3) is 0.857. The molecule has 0 N–H and O–H groups in total. The van der Waals surface area contributed by atoms with Gasteiger partial charge in [0.25, 0.3) is 0 Å². The highest BCUT2D eigenvalue weighted by Gasteiger charge is 2.38. The smallest absolute Gasteiger partial charge is 0.159 e. The zero-order valence-electron chi connectivity index (χ0n) is 6.89. The van der Waals surface area contributed by atoms with E-state index in [0.717, 1.165) is 5.57 Å². The molecule has 0 aromatic rings. The van der Waals surface area contributed by atoms with E-state index in [1.807, 2.05) is 13.8 Å². The van der Waals surface area contributed by atoms with Gasteiger partial charge in [0.1, 0.15) is 0 Å². The number of ether oxygens (including phenoxy) is 1. The molecule has 2 nitrogen and oxygen atoms in total. The predicted octanol–water partition coefficient (Wildman–Crippen LogP) is 1.31. The van der Waals surface area contributed by atoms with Crippen molar-refractivity contribution in [3.63, 3.8) is 0 Å². The first-order valence-corrected chi connectivity index (χ1v) is 4.04. The normalized spacial score (nSPS) is 36.7. The van der Waals surface area contributed by atoms with Crippen LogP contribution in [0.4, 0.5) is 0 Å². The lowest BCUT2D eigenvalue weighted by Crippen LogP contribution is -2.11.